The predicted octanol–water partition coefficient (Wildman–Crippen LogP) is 3.64. The summed E-state index contributed by atoms with van der Waals surface area (Å²) in [6.45, 7) is 5.89. The van der Waals surface area contributed by atoms with Crippen LogP contribution in [-0.2, 0) is 10.2 Å². The van der Waals surface area contributed by atoms with Gasteiger partial charge in [-0.25, -0.2) is 4.68 Å². The van der Waals surface area contributed by atoms with Gasteiger partial charge in [0.15, 0.2) is 0 Å². The number of anilines is 1. The Bertz CT molecular complexity index is 685. The van der Waals surface area contributed by atoms with Crippen LogP contribution in [-0.4, -0.2) is 22.6 Å². The summed E-state index contributed by atoms with van der Waals surface area (Å²) < 4.78 is 41.8. The maximum atomic E-state index is 12.2. The lowest BCUT2D eigenvalue weighted by Gasteiger charge is -2.14. The molecule has 1 aromatic carbocycles. The molecule has 0 saturated carbocycles. The molecule has 0 saturated heterocycles. The molecule has 5 nitrogen and oxygen atoms in total. The zero-order chi connectivity index (χ0) is 17.3. The van der Waals surface area contributed by atoms with Gasteiger partial charge in [0.1, 0.15) is 11.6 Å². The van der Waals surface area contributed by atoms with E-state index in [0.717, 1.165) is 5.69 Å². The third-order valence-corrected chi connectivity index (χ3v) is 3.00. The number of carbonyl (C=O) groups excluding carboxylic acids is 1. The number of alkyl halides is 3. The Morgan fingerprint density at radius 2 is 1.78 bits per heavy atom. The molecular formula is C15H16F3N3O2. The Morgan fingerprint density at radius 1 is 1.17 bits per heavy atom. The molecule has 124 valence electrons. The smallest absolute Gasteiger partial charge is 0.406 e. The van der Waals surface area contributed by atoms with E-state index in [1.807, 2.05) is 20.8 Å². The van der Waals surface area contributed by atoms with Crippen molar-refractivity contribution in [1.82, 2.24) is 9.78 Å². The first-order valence-electron chi connectivity index (χ1n) is 6.77. The molecule has 0 aliphatic heterocycles. The number of halogens is 3. The molecule has 0 atom stereocenters. The van der Waals surface area contributed by atoms with Crippen LogP contribution in [0, 0.1) is 0 Å². The number of rotatable bonds is 4. The van der Waals surface area contributed by atoms with Crippen LogP contribution in [0.2, 0.25) is 0 Å². The summed E-state index contributed by atoms with van der Waals surface area (Å²) in [6, 6.07) is 6.94. The number of hydrogen-bond donors (Lipinski definition) is 1. The SMILES string of the molecule is CC(C)(C)c1cc(NC=O)n(-c2ccc(OC(F)(F)F)cc2)n1. The molecule has 2 aromatic rings. The molecule has 23 heavy (non-hydrogen) atoms. The molecule has 0 unspecified atom stereocenters. The number of hydrogen-bond acceptors (Lipinski definition) is 3. The summed E-state index contributed by atoms with van der Waals surface area (Å²) in [6.07, 6.45) is -4.22. The average molecular weight is 327 g/mol. The van der Waals surface area contributed by atoms with Gasteiger partial charge in [0, 0.05) is 11.5 Å². The van der Waals surface area contributed by atoms with Crippen molar-refractivity contribution < 1.29 is 22.7 Å². The second-order valence-corrected chi connectivity index (χ2v) is 5.88. The Labute approximate surface area is 131 Å². The van der Waals surface area contributed by atoms with Crippen molar-refractivity contribution in [3.05, 3.63) is 36.0 Å². The fourth-order valence-electron chi connectivity index (χ4n) is 1.90. The highest BCUT2D eigenvalue weighted by atomic mass is 19.4. The topological polar surface area (TPSA) is 56.2 Å². The largest absolute Gasteiger partial charge is 0.573 e. The van der Waals surface area contributed by atoms with Crippen molar-refractivity contribution in [3.63, 3.8) is 0 Å². The zero-order valence-corrected chi connectivity index (χ0v) is 12.8. The second kappa shape index (κ2) is 5.94. The van der Waals surface area contributed by atoms with Gasteiger partial charge in [0.2, 0.25) is 6.41 Å². The average Bonchev–Trinajstić information content (AvgIpc) is 2.82. The van der Waals surface area contributed by atoms with E-state index in [9.17, 15) is 18.0 Å². The van der Waals surface area contributed by atoms with Crippen molar-refractivity contribution >= 4 is 12.2 Å². The van der Waals surface area contributed by atoms with Crippen LogP contribution in [0.5, 0.6) is 5.75 Å². The number of benzene rings is 1. The van der Waals surface area contributed by atoms with E-state index in [-0.39, 0.29) is 11.2 Å². The highest BCUT2D eigenvalue weighted by molar-refractivity contribution is 5.70. The van der Waals surface area contributed by atoms with Crippen LogP contribution < -0.4 is 10.1 Å². The highest BCUT2D eigenvalue weighted by Crippen LogP contribution is 2.28. The van der Waals surface area contributed by atoms with Gasteiger partial charge in [-0.15, -0.1) is 13.2 Å². The van der Waals surface area contributed by atoms with Crippen molar-refractivity contribution in [2.24, 2.45) is 0 Å². The molecule has 0 aliphatic rings. The lowest BCUT2D eigenvalue weighted by molar-refractivity contribution is -0.274. The van der Waals surface area contributed by atoms with E-state index < -0.39 is 6.36 Å². The maximum Gasteiger partial charge on any atom is 0.573 e. The van der Waals surface area contributed by atoms with Gasteiger partial charge >= 0.3 is 6.36 Å². The molecule has 1 heterocycles. The summed E-state index contributed by atoms with van der Waals surface area (Å²) in [5.41, 5.74) is 0.987. The number of nitrogens with zero attached hydrogens (tertiary/aromatic N) is 2. The predicted molar refractivity (Wildman–Crippen MR) is 78.6 cm³/mol. The monoisotopic (exact) mass is 327 g/mol. The first-order chi connectivity index (χ1) is 10.6. The minimum absolute atomic E-state index is 0.246. The van der Waals surface area contributed by atoms with Crippen molar-refractivity contribution in [3.8, 4) is 11.4 Å². The summed E-state index contributed by atoms with van der Waals surface area (Å²) in [4.78, 5) is 10.7. The molecule has 0 fully saturated rings. The first-order valence-corrected chi connectivity index (χ1v) is 6.77. The fourth-order valence-corrected chi connectivity index (χ4v) is 1.90. The fraction of sp³-hybridized carbons (Fsp3) is 0.333. The van der Waals surface area contributed by atoms with Crippen molar-refractivity contribution in [2.75, 3.05) is 5.32 Å². The van der Waals surface area contributed by atoms with Gasteiger partial charge in [-0.05, 0) is 24.3 Å². The molecule has 0 radical (unpaired) electrons. The Kier molecular flexibility index (Phi) is 4.35. The molecule has 1 aromatic heterocycles. The van der Waals surface area contributed by atoms with Gasteiger partial charge in [0.05, 0.1) is 11.4 Å². The standard InChI is InChI=1S/C15H16F3N3O2/c1-14(2,3)12-8-13(19-9-22)21(20-12)10-4-6-11(7-5-10)23-15(16,17)18/h4-9H,1-3H3,(H,19,22). The molecule has 1 N–H and O–H groups in total. The van der Waals surface area contributed by atoms with Crippen LogP contribution >= 0.6 is 0 Å². The van der Waals surface area contributed by atoms with E-state index in [1.165, 1.54) is 28.9 Å². The van der Waals surface area contributed by atoms with Crippen molar-refractivity contribution in [1.29, 1.82) is 0 Å². The molecule has 8 heteroatoms. The molecule has 1 amide bonds. The van der Waals surface area contributed by atoms with Gasteiger partial charge in [-0.3, -0.25) is 4.79 Å². The summed E-state index contributed by atoms with van der Waals surface area (Å²) in [7, 11) is 0. The van der Waals surface area contributed by atoms with E-state index in [0.29, 0.717) is 17.9 Å². The number of carbonyl (C=O) groups is 1. The molecule has 0 aliphatic carbocycles. The molecule has 0 bridgehead atoms. The third kappa shape index (κ3) is 4.24. The zero-order valence-electron chi connectivity index (χ0n) is 12.8. The maximum absolute atomic E-state index is 12.2. The van der Waals surface area contributed by atoms with Gasteiger partial charge in [-0.1, -0.05) is 20.8 Å². The number of ether oxygens (including phenoxy) is 1. The van der Waals surface area contributed by atoms with Crippen LogP contribution in [0.4, 0.5) is 19.0 Å². The van der Waals surface area contributed by atoms with Crippen LogP contribution in [0.25, 0.3) is 5.69 Å². The minimum Gasteiger partial charge on any atom is -0.406 e. The normalized spacial score (nSPS) is 12.1. The molecular weight excluding hydrogens is 311 g/mol. The minimum atomic E-state index is -4.74. The third-order valence-electron chi connectivity index (χ3n) is 3.00. The van der Waals surface area contributed by atoms with E-state index in [1.54, 1.807) is 6.07 Å². The lowest BCUT2D eigenvalue weighted by atomic mass is 9.92. The van der Waals surface area contributed by atoms with Gasteiger partial charge in [-0.2, -0.15) is 5.10 Å². The first kappa shape index (κ1) is 16.9. The van der Waals surface area contributed by atoms with Gasteiger partial charge in [0.25, 0.3) is 0 Å². The van der Waals surface area contributed by atoms with Gasteiger partial charge < -0.3 is 10.1 Å². The number of nitrogens with one attached hydrogen (secondary N) is 1. The van der Waals surface area contributed by atoms with E-state index in [2.05, 4.69) is 15.2 Å². The summed E-state index contributed by atoms with van der Waals surface area (Å²) in [5.74, 6) is 0.101. The van der Waals surface area contributed by atoms with Crippen molar-refractivity contribution in [2.45, 2.75) is 32.5 Å². The summed E-state index contributed by atoms with van der Waals surface area (Å²) >= 11 is 0. The lowest BCUT2D eigenvalue weighted by Crippen LogP contribution is -2.17. The van der Waals surface area contributed by atoms with Crippen LogP contribution in [0.1, 0.15) is 26.5 Å². The molecule has 0 spiro atoms. The Morgan fingerprint density at radius 3 is 2.26 bits per heavy atom. The highest BCUT2D eigenvalue weighted by Gasteiger charge is 2.31. The summed E-state index contributed by atoms with van der Waals surface area (Å²) in [5, 5.41) is 6.94. The Hall–Kier alpha value is -2.51. The Balaban J connectivity index is 2.37. The van der Waals surface area contributed by atoms with Crippen LogP contribution in [0.3, 0.4) is 0 Å². The van der Waals surface area contributed by atoms with Crippen LogP contribution in [0.15, 0.2) is 30.3 Å². The quantitative estimate of drug-likeness (QED) is 0.872. The number of amides is 1. The van der Waals surface area contributed by atoms with E-state index in [4.69, 9.17) is 0 Å². The number of aromatic nitrogens is 2. The molecule has 2 rings (SSSR count). The van der Waals surface area contributed by atoms with E-state index >= 15 is 0 Å². The second-order valence-electron chi connectivity index (χ2n) is 5.88.